The van der Waals surface area contributed by atoms with Crippen LogP contribution in [0, 0.1) is 0 Å². The van der Waals surface area contributed by atoms with Crippen molar-refractivity contribution < 1.29 is 8.83 Å². The number of nitrogens with zero attached hydrogens (tertiary/aromatic N) is 6. The molecule has 7 aromatic heterocycles. The maximum Gasteiger partial charge on any atom is 0.235 e. The van der Waals surface area contributed by atoms with Crippen LogP contribution in [0.1, 0.15) is 0 Å². The summed E-state index contributed by atoms with van der Waals surface area (Å²) >= 11 is 1.82. The molecule has 0 aliphatic carbocycles. The number of fused-ring (bicyclic) bond motifs is 19. The van der Waals surface area contributed by atoms with Crippen LogP contribution in [0.15, 0.2) is 300 Å². The minimum Gasteiger partial charge on any atom is -0.455 e. The summed E-state index contributed by atoms with van der Waals surface area (Å²) in [6.45, 7) is 0. The highest BCUT2D eigenvalue weighted by Crippen LogP contribution is 2.46. The number of para-hydroxylation sites is 4. The van der Waals surface area contributed by atoms with E-state index < -0.39 is 0 Å². The third kappa shape index (κ3) is 8.01. The van der Waals surface area contributed by atoms with Gasteiger partial charge in [-0.05, 0) is 95.1 Å². The molecule has 0 radical (unpaired) electrons. The van der Waals surface area contributed by atoms with Gasteiger partial charge in [-0.3, -0.25) is 9.13 Å². The lowest BCUT2D eigenvalue weighted by molar-refractivity contribution is 0.672. The third-order valence-electron chi connectivity index (χ3n) is 18.1. The number of hydrogen-bond donors (Lipinski definition) is 0. The monoisotopic (exact) mass is 1180 g/mol. The molecule has 0 unspecified atom stereocenters. The Morgan fingerprint density at radius 1 is 0.275 bits per heavy atom. The Balaban J connectivity index is 0.000000132. The van der Waals surface area contributed by atoms with Crippen molar-refractivity contribution in [2.24, 2.45) is 0 Å². The van der Waals surface area contributed by atoms with Gasteiger partial charge >= 0.3 is 0 Å². The molecule has 0 aliphatic heterocycles. The predicted octanol–water partition coefficient (Wildman–Crippen LogP) is 22.3. The predicted molar refractivity (Wildman–Crippen MR) is 377 cm³/mol. The van der Waals surface area contributed by atoms with E-state index in [-0.39, 0.29) is 0 Å². The van der Waals surface area contributed by atoms with E-state index in [9.17, 15) is 0 Å². The molecule has 424 valence electrons. The second-order valence-electron chi connectivity index (χ2n) is 23.2. The zero-order valence-corrected chi connectivity index (χ0v) is 49.4. The number of furan rings is 2. The van der Waals surface area contributed by atoms with E-state index in [2.05, 4.69) is 264 Å². The highest BCUT2D eigenvalue weighted by molar-refractivity contribution is 7.26. The highest BCUT2D eigenvalue weighted by atomic mass is 32.1. The van der Waals surface area contributed by atoms with Crippen LogP contribution in [-0.4, -0.2) is 29.1 Å². The average molecular weight is 1180 g/mol. The van der Waals surface area contributed by atoms with Crippen LogP contribution in [0.4, 0.5) is 0 Å². The summed E-state index contributed by atoms with van der Waals surface area (Å²) in [6, 6.07) is 102. The van der Waals surface area contributed by atoms with Gasteiger partial charge in [-0.15, -0.1) is 11.3 Å². The van der Waals surface area contributed by atoms with Crippen LogP contribution in [0.5, 0.6) is 0 Å². The van der Waals surface area contributed by atoms with E-state index in [1.807, 2.05) is 47.7 Å². The van der Waals surface area contributed by atoms with Crippen molar-refractivity contribution in [1.29, 1.82) is 0 Å². The first-order valence-electron chi connectivity index (χ1n) is 30.5. The first-order chi connectivity index (χ1) is 45.1. The van der Waals surface area contributed by atoms with Crippen molar-refractivity contribution in [1.82, 2.24) is 29.1 Å². The summed E-state index contributed by atoms with van der Waals surface area (Å²) in [5, 5.41) is 13.4. The standard InChI is InChI=1S/C44H25N3OS.C38H23N3O/c1-2-11-26(12-3-1)27-21-22-33-37(25-27)47(36-24-23-30-28-13-5-8-19-38(28)48-42(30)40(33)36)44-45-35-18-7-4-15-32(35)41(46-44)34-17-10-16-31-29-14-6-9-20-39(29)49-43(31)34;1-3-11-24(12-4-1)26-19-21-31-30(23-26)36(25-13-5-2-6-14-25)40-38(39-31)41-32-17-9-7-16-29(32)35-33(41)22-20-28-27-15-8-10-18-34(27)42-37(28)35/h1-25H;1-23H. The van der Waals surface area contributed by atoms with Gasteiger partial charge in [-0.2, -0.15) is 0 Å². The summed E-state index contributed by atoms with van der Waals surface area (Å²) < 4.78 is 20.0. The van der Waals surface area contributed by atoms with Gasteiger partial charge in [0, 0.05) is 74.4 Å². The Labute approximate surface area is 523 Å². The van der Waals surface area contributed by atoms with Crippen molar-refractivity contribution >= 4 is 141 Å². The summed E-state index contributed by atoms with van der Waals surface area (Å²) in [6.07, 6.45) is 0. The van der Waals surface area contributed by atoms with Gasteiger partial charge in [0.1, 0.15) is 22.3 Å². The topological polar surface area (TPSA) is 87.7 Å². The fourth-order valence-electron chi connectivity index (χ4n) is 13.9. The van der Waals surface area contributed by atoms with Gasteiger partial charge in [-0.1, -0.05) is 218 Å². The van der Waals surface area contributed by atoms with Gasteiger partial charge in [0.15, 0.2) is 0 Å². The quantitative estimate of drug-likeness (QED) is 0.165. The molecule has 9 heteroatoms. The fraction of sp³-hybridized carbons (Fsp3) is 0. The molecule has 0 saturated heterocycles. The van der Waals surface area contributed by atoms with Crippen molar-refractivity contribution in [2.45, 2.75) is 0 Å². The van der Waals surface area contributed by atoms with E-state index in [1.165, 1.54) is 25.7 Å². The lowest BCUT2D eigenvalue weighted by atomic mass is 10.0. The molecular formula is C82H48N6O2S. The second-order valence-corrected chi connectivity index (χ2v) is 24.2. The zero-order valence-electron chi connectivity index (χ0n) is 48.6. The number of rotatable bonds is 6. The Morgan fingerprint density at radius 2 is 0.758 bits per heavy atom. The largest absolute Gasteiger partial charge is 0.455 e. The molecular weight excluding hydrogens is 1130 g/mol. The van der Waals surface area contributed by atoms with Crippen LogP contribution in [0.2, 0.25) is 0 Å². The van der Waals surface area contributed by atoms with Gasteiger partial charge in [0.2, 0.25) is 11.9 Å². The maximum atomic E-state index is 6.63. The number of benzene rings is 13. The van der Waals surface area contributed by atoms with E-state index in [1.54, 1.807) is 0 Å². The lowest BCUT2D eigenvalue weighted by Gasteiger charge is -2.13. The minimum atomic E-state index is 0.632. The molecule has 0 bridgehead atoms. The Kier molecular flexibility index (Phi) is 11.4. The van der Waals surface area contributed by atoms with Gasteiger partial charge in [0.25, 0.3) is 0 Å². The number of thiophene rings is 1. The molecule has 20 rings (SSSR count). The molecule has 0 atom stereocenters. The molecule has 8 nitrogen and oxygen atoms in total. The van der Waals surface area contributed by atoms with Crippen molar-refractivity contribution in [3.8, 4) is 56.7 Å². The van der Waals surface area contributed by atoms with Crippen LogP contribution in [0.25, 0.3) is 186 Å². The summed E-state index contributed by atoms with van der Waals surface area (Å²) in [4.78, 5) is 21.2. The second kappa shape index (κ2) is 20.3. The number of hydrogen-bond acceptors (Lipinski definition) is 7. The first-order valence-corrected chi connectivity index (χ1v) is 31.3. The van der Waals surface area contributed by atoms with Crippen molar-refractivity contribution in [2.75, 3.05) is 0 Å². The maximum absolute atomic E-state index is 6.63. The molecule has 0 N–H and O–H groups in total. The van der Waals surface area contributed by atoms with Crippen LogP contribution in [-0.2, 0) is 0 Å². The lowest BCUT2D eigenvalue weighted by Crippen LogP contribution is -2.03. The molecule has 0 amide bonds. The Bertz CT molecular complexity index is 6340. The Hall–Kier alpha value is -12.0. The zero-order chi connectivity index (χ0) is 59.7. The van der Waals surface area contributed by atoms with Crippen molar-refractivity contribution in [3.63, 3.8) is 0 Å². The van der Waals surface area contributed by atoms with Gasteiger partial charge in [-0.25, -0.2) is 19.9 Å². The highest BCUT2D eigenvalue weighted by Gasteiger charge is 2.25. The molecule has 20 aromatic rings. The molecule has 0 fully saturated rings. The summed E-state index contributed by atoms with van der Waals surface area (Å²) in [7, 11) is 0. The van der Waals surface area contributed by atoms with Crippen LogP contribution >= 0.6 is 11.3 Å². The van der Waals surface area contributed by atoms with Crippen LogP contribution < -0.4 is 0 Å². The normalized spacial score (nSPS) is 12.0. The molecule has 13 aromatic carbocycles. The Morgan fingerprint density at radius 3 is 1.43 bits per heavy atom. The first kappa shape index (κ1) is 51.0. The molecule has 0 saturated carbocycles. The van der Waals surface area contributed by atoms with Gasteiger partial charge in [0.05, 0.1) is 55.3 Å². The third-order valence-corrected chi connectivity index (χ3v) is 19.3. The summed E-state index contributed by atoms with van der Waals surface area (Å²) in [5.74, 6) is 1.27. The molecule has 7 heterocycles. The molecule has 0 spiro atoms. The molecule has 91 heavy (non-hydrogen) atoms. The fourth-order valence-corrected chi connectivity index (χ4v) is 15.1. The van der Waals surface area contributed by atoms with E-state index in [0.717, 1.165) is 148 Å². The van der Waals surface area contributed by atoms with Crippen molar-refractivity contribution in [3.05, 3.63) is 291 Å². The van der Waals surface area contributed by atoms with Crippen LogP contribution in [0.3, 0.4) is 0 Å². The van der Waals surface area contributed by atoms with E-state index >= 15 is 0 Å². The SMILES string of the molecule is c1ccc(-c2ccc3c4c5oc6ccccc6c5ccc4n(-c4nc(-c5cccc6c5sc5ccccc56)c5ccccc5n4)c3c2)cc1.c1ccc(-c2ccc3nc(-n4c5ccccc5c5c6oc7ccccc7c6ccc54)nc(-c4ccccc4)c3c2)cc1. The average Bonchev–Trinajstić information content (AvgIpc) is 1.60. The molecule has 0 aliphatic rings. The van der Waals surface area contributed by atoms with E-state index in [0.29, 0.717) is 11.9 Å². The smallest absolute Gasteiger partial charge is 0.235 e. The summed E-state index contributed by atoms with van der Waals surface area (Å²) in [5.41, 5.74) is 18.0. The number of aromatic nitrogens is 6. The van der Waals surface area contributed by atoms with Gasteiger partial charge < -0.3 is 8.83 Å². The van der Waals surface area contributed by atoms with E-state index in [4.69, 9.17) is 28.8 Å². The minimum absolute atomic E-state index is 0.632.